The van der Waals surface area contributed by atoms with Crippen molar-refractivity contribution in [3.63, 3.8) is 0 Å². The summed E-state index contributed by atoms with van der Waals surface area (Å²) in [5.74, 6) is 0.942. The predicted octanol–water partition coefficient (Wildman–Crippen LogP) is 5.03. The number of aromatic nitrogens is 2. The van der Waals surface area contributed by atoms with Gasteiger partial charge in [0.2, 0.25) is 0 Å². The highest BCUT2D eigenvalue weighted by Gasteiger charge is 2.27. The molecule has 0 unspecified atom stereocenters. The molecule has 7 heteroatoms. The van der Waals surface area contributed by atoms with Crippen molar-refractivity contribution in [3.05, 3.63) is 71.0 Å². The molecule has 3 aromatic rings. The van der Waals surface area contributed by atoms with Gasteiger partial charge in [0.25, 0.3) is 5.91 Å². The summed E-state index contributed by atoms with van der Waals surface area (Å²) in [5.41, 5.74) is 5.82. The van der Waals surface area contributed by atoms with Gasteiger partial charge in [0.05, 0.1) is 29.7 Å². The number of ether oxygens (including phenoxy) is 1. The number of nitrogens with one attached hydrogen (secondary N) is 2. The third kappa shape index (κ3) is 5.14. The highest BCUT2D eigenvalue weighted by atomic mass is 35.5. The molecule has 0 radical (unpaired) electrons. The normalized spacial score (nSPS) is 14.0. The fourth-order valence-electron chi connectivity index (χ4n) is 4.08. The molecule has 4 rings (SSSR count). The van der Waals surface area contributed by atoms with E-state index in [4.69, 9.17) is 4.74 Å². The highest BCUT2D eigenvalue weighted by molar-refractivity contribution is 6.05. The van der Waals surface area contributed by atoms with Gasteiger partial charge in [-0.15, -0.1) is 12.4 Å². The van der Waals surface area contributed by atoms with Gasteiger partial charge in [0.15, 0.2) is 0 Å². The number of hydrogen-bond acceptors (Lipinski definition) is 4. The number of carbonyl (C=O) groups is 1. The zero-order valence-corrected chi connectivity index (χ0v) is 19.7. The lowest BCUT2D eigenvalue weighted by Gasteiger charge is -2.25. The molecule has 2 N–H and O–H groups in total. The molecule has 32 heavy (non-hydrogen) atoms. The van der Waals surface area contributed by atoms with Crippen LogP contribution in [0.5, 0.6) is 5.75 Å². The van der Waals surface area contributed by atoms with Gasteiger partial charge in [-0.1, -0.05) is 6.07 Å². The molecule has 1 fully saturated rings. The zero-order valence-electron chi connectivity index (χ0n) is 18.9. The molecule has 6 nitrogen and oxygen atoms in total. The first-order chi connectivity index (χ1) is 15.1. The lowest BCUT2D eigenvalue weighted by atomic mass is 9.91. The number of halogens is 1. The van der Waals surface area contributed by atoms with E-state index in [-0.39, 0.29) is 24.2 Å². The third-order valence-electron chi connectivity index (χ3n) is 5.94. The summed E-state index contributed by atoms with van der Waals surface area (Å²) in [5, 5.41) is 11.1. The van der Waals surface area contributed by atoms with E-state index in [2.05, 4.69) is 47.8 Å². The Labute approximate surface area is 195 Å². The summed E-state index contributed by atoms with van der Waals surface area (Å²) >= 11 is 0. The van der Waals surface area contributed by atoms with E-state index < -0.39 is 0 Å². The molecule has 0 saturated carbocycles. The van der Waals surface area contributed by atoms with Crippen LogP contribution in [-0.4, -0.2) is 35.4 Å². The van der Waals surface area contributed by atoms with Crippen molar-refractivity contribution >= 4 is 24.0 Å². The average Bonchev–Trinajstić information content (AvgIpc) is 3.23. The van der Waals surface area contributed by atoms with Gasteiger partial charge in [-0.05, 0) is 94.2 Å². The summed E-state index contributed by atoms with van der Waals surface area (Å²) in [6.07, 6.45) is 3.68. The van der Waals surface area contributed by atoms with Gasteiger partial charge in [-0.2, -0.15) is 5.10 Å². The number of hydrogen-bond donors (Lipinski definition) is 2. The van der Waals surface area contributed by atoms with Crippen LogP contribution < -0.4 is 15.4 Å². The average molecular weight is 455 g/mol. The molecular weight excluding hydrogens is 424 g/mol. The SMILES string of the molecule is CCOc1ccc(NC(=O)c2cnn(-c3ccc(C)c(C)c3)c2C2CCNCC2)cc1.Cl. The van der Waals surface area contributed by atoms with Crippen LogP contribution in [-0.2, 0) is 0 Å². The van der Waals surface area contributed by atoms with Crippen molar-refractivity contribution in [2.75, 3.05) is 25.0 Å². The maximum Gasteiger partial charge on any atom is 0.259 e. The van der Waals surface area contributed by atoms with Crippen LogP contribution >= 0.6 is 12.4 Å². The minimum Gasteiger partial charge on any atom is -0.494 e. The van der Waals surface area contributed by atoms with Gasteiger partial charge in [0, 0.05) is 11.6 Å². The van der Waals surface area contributed by atoms with E-state index in [1.807, 2.05) is 35.9 Å². The van der Waals surface area contributed by atoms with Gasteiger partial charge in [-0.25, -0.2) is 4.68 Å². The van der Waals surface area contributed by atoms with Crippen molar-refractivity contribution in [3.8, 4) is 11.4 Å². The van der Waals surface area contributed by atoms with E-state index in [0.717, 1.165) is 48.7 Å². The summed E-state index contributed by atoms with van der Waals surface area (Å²) < 4.78 is 7.44. The number of nitrogens with zero attached hydrogens (tertiary/aromatic N) is 2. The minimum absolute atomic E-state index is 0. The lowest BCUT2D eigenvalue weighted by molar-refractivity contribution is 0.102. The summed E-state index contributed by atoms with van der Waals surface area (Å²) in [6, 6.07) is 13.8. The fraction of sp³-hybridized carbons (Fsp3) is 0.360. The van der Waals surface area contributed by atoms with Crippen LogP contribution in [0.1, 0.15) is 52.9 Å². The maximum atomic E-state index is 13.2. The Kier molecular flexibility index (Phi) is 7.94. The number of aryl methyl sites for hydroxylation is 2. The van der Waals surface area contributed by atoms with Gasteiger partial charge >= 0.3 is 0 Å². The number of carbonyl (C=O) groups excluding carboxylic acids is 1. The molecule has 0 aliphatic carbocycles. The number of rotatable bonds is 6. The molecular formula is C25H31ClN4O2. The Morgan fingerprint density at radius 2 is 1.84 bits per heavy atom. The van der Waals surface area contributed by atoms with E-state index >= 15 is 0 Å². The zero-order chi connectivity index (χ0) is 21.8. The van der Waals surface area contributed by atoms with Gasteiger partial charge in [0.1, 0.15) is 5.75 Å². The van der Waals surface area contributed by atoms with Crippen molar-refractivity contribution in [2.24, 2.45) is 0 Å². The van der Waals surface area contributed by atoms with Gasteiger partial charge < -0.3 is 15.4 Å². The largest absolute Gasteiger partial charge is 0.494 e. The Morgan fingerprint density at radius 3 is 2.50 bits per heavy atom. The van der Waals surface area contributed by atoms with Crippen LogP contribution in [0.2, 0.25) is 0 Å². The topological polar surface area (TPSA) is 68.2 Å². The molecule has 1 saturated heterocycles. The van der Waals surface area contributed by atoms with E-state index in [1.165, 1.54) is 11.1 Å². The number of amides is 1. The molecule has 2 heterocycles. The number of piperidine rings is 1. The fourth-order valence-corrected chi connectivity index (χ4v) is 4.08. The second-order valence-corrected chi connectivity index (χ2v) is 8.06. The molecule has 170 valence electrons. The van der Waals surface area contributed by atoms with Crippen molar-refractivity contribution < 1.29 is 9.53 Å². The Bertz CT molecular complexity index is 1060. The quantitative estimate of drug-likeness (QED) is 0.548. The Hall–Kier alpha value is -2.83. The lowest BCUT2D eigenvalue weighted by Crippen LogP contribution is -2.29. The first-order valence-electron chi connectivity index (χ1n) is 11.0. The van der Waals surface area contributed by atoms with Crippen LogP contribution in [0.25, 0.3) is 5.69 Å². The minimum atomic E-state index is -0.132. The Morgan fingerprint density at radius 1 is 1.12 bits per heavy atom. The third-order valence-corrected chi connectivity index (χ3v) is 5.94. The standard InChI is InChI=1S/C25H30N4O2.ClH/c1-4-31-22-9-6-20(7-10-22)28-25(30)23-16-27-29(21-8-5-17(2)18(3)15-21)24(23)19-11-13-26-14-12-19;/h5-10,15-16,19,26H,4,11-14H2,1-3H3,(H,28,30);1H. The van der Waals surface area contributed by atoms with E-state index in [1.54, 1.807) is 6.20 Å². The van der Waals surface area contributed by atoms with E-state index in [0.29, 0.717) is 12.2 Å². The molecule has 1 amide bonds. The second-order valence-electron chi connectivity index (χ2n) is 8.06. The van der Waals surface area contributed by atoms with Crippen molar-refractivity contribution in [2.45, 2.75) is 39.5 Å². The molecule has 0 spiro atoms. The van der Waals surface area contributed by atoms with Crippen LogP contribution in [0.4, 0.5) is 5.69 Å². The molecule has 2 aromatic carbocycles. The first kappa shape index (κ1) is 23.8. The molecule has 1 aliphatic heterocycles. The van der Waals surface area contributed by atoms with E-state index in [9.17, 15) is 4.79 Å². The molecule has 1 aliphatic rings. The summed E-state index contributed by atoms with van der Waals surface area (Å²) in [4.78, 5) is 13.2. The first-order valence-corrected chi connectivity index (χ1v) is 11.0. The summed E-state index contributed by atoms with van der Waals surface area (Å²) in [6.45, 7) is 8.66. The Balaban J connectivity index is 0.00000289. The molecule has 1 aromatic heterocycles. The number of anilines is 1. The van der Waals surface area contributed by atoms with Crippen LogP contribution in [0.3, 0.4) is 0 Å². The number of benzene rings is 2. The van der Waals surface area contributed by atoms with Crippen LogP contribution in [0.15, 0.2) is 48.7 Å². The van der Waals surface area contributed by atoms with Crippen molar-refractivity contribution in [1.29, 1.82) is 0 Å². The summed E-state index contributed by atoms with van der Waals surface area (Å²) in [7, 11) is 0. The maximum absolute atomic E-state index is 13.2. The monoisotopic (exact) mass is 454 g/mol. The van der Waals surface area contributed by atoms with Crippen molar-refractivity contribution in [1.82, 2.24) is 15.1 Å². The molecule has 0 bridgehead atoms. The predicted molar refractivity (Wildman–Crippen MR) is 131 cm³/mol. The highest BCUT2D eigenvalue weighted by Crippen LogP contribution is 2.31. The second kappa shape index (κ2) is 10.7. The smallest absolute Gasteiger partial charge is 0.259 e. The van der Waals surface area contributed by atoms with Crippen LogP contribution in [0, 0.1) is 13.8 Å². The van der Waals surface area contributed by atoms with Gasteiger partial charge in [-0.3, -0.25) is 4.79 Å². The molecule has 0 atom stereocenters.